The molecule has 2 aliphatic heterocycles. The number of hydrogen-bond donors (Lipinski definition) is 0. The Balaban J connectivity index is 1.27. The van der Waals surface area contributed by atoms with E-state index in [4.69, 9.17) is 19.4 Å². The van der Waals surface area contributed by atoms with Crippen molar-refractivity contribution in [1.29, 1.82) is 0 Å². The number of fused-ring (bicyclic) bond motifs is 1. The van der Waals surface area contributed by atoms with Crippen LogP contribution in [0.15, 0.2) is 53.6 Å². The van der Waals surface area contributed by atoms with Gasteiger partial charge in [-0.25, -0.2) is 9.97 Å². The Hall–Kier alpha value is -3.04. The minimum atomic E-state index is 0.112. The number of methoxy groups -OCH3 is 1. The number of nitrogens with zero attached hydrogens (tertiary/aromatic N) is 5. The van der Waals surface area contributed by atoms with Gasteiger partial charge in [-0.15, -0.1) is 0 Å². The molecule has 8 nitrogen and oxygen atoms in total. The standard InChI is InChI=1S/C27H33N5O3S/c1-19-16-32(17-20(2)35-19)26-27(29-22-9-5-4-8-21(22)28-26)36-18-25(33)31-14-12-30(13-15-31)23-10-6-7-11-24(23)34-3/h4-11,19-20H,12-18H2,1-3H3/t19-,20-/m1/s1. The lowest BCUT2D eigenvalue weighted by Gasteiger charge is -2.37. The fourth-order valence-electron chi connectivity index (χ4n) is 4.94. The minimum Gasteiger partial charge on any atom is -0.495 e. The molecule has 0 radical (unpaired) electrons. The molecule has 3 heterocycles. The van der Waals surface area contributed by atoms with E-state index in [1.807, 2.05) is 47.4 Å². The average molecular weight is 508 g/mol. The lowest BCUT2D eigenvalue weighted by molar-refractivity contribution is -0.128. The number of piperazine rings is 1. The van der Waals surface area contributed by atoms with Gasteiger partial charge in [0, 0.05) is 39.3 Å². The molecule has 0 aliphatic carbocycles. The SMILES string of the molecule is COc1ccccc1N1CCN(C(=O)CSc2nc3ccccc3nc2N2C[C@@H](C)O[C@H](C)C2)CC1. The largest absolute Gasteiger partial charge is 0.495 e. The number of thioether (sulfide) groups is 1. The molecular formula is C27H33N5O3S. The third-order valence-corrected chi connectivity index (χ3v) is 7.57. The zero-order chi connectivity index (χ0) is 25.1. The summed E-state index contributed by atoms with van der Waals surface area (Å²) in [5.41, 5.74) is 2.78. The van der Waals surface area contributed by atoms with Crippen molar-refractivity contribution in [2.75, 3.05) is 61.9 Å². The lowest BCUT2D eigenvalue weighted by atomic mass is 10.2. The maximum Gasteiger partial charge on any atom is 0.233 e. The molecule has 0 unspecified atom stereocenters. The molecule has 3 aromatic rings. The predicted octanol–water partition coefficient (Wildman–Crippen LogP) is 3.69. The van der Waals surface area contributed by atoms with Crippen LogP contribution in [0.3, 0.4) is 0 Å². The topological polar surface area (TPSA) is 71.0 Å². The van der Waals surface area contributed by atoms with Crippen LogP contribution in [0, 0.1) is 0 Å². The van der Waals surface area contributed by atoms with Crippen molar-refractivity contribution >= 4 is 40.2 Å². The highest BCUT2D eigenvalue weighted by Crippen LogP contribution is 2.32. The summed E-state index contributed by atoms with van der Waals surface area (Å²) in [7, 11) is 1.69. The number of hydrogen-bond acceptors (Lipinski definition) is 8. The maximum atomic E-state index is 13.2. The second-order valence-corrected chi connectivity index (χ2v) is 10.3. The summed E-state index contributed by atoms with van der Waals surface area (Å²) in [6.07, 6.45) is 0.224. The van der Waals surface area contributed by atoms with Gasteiger partial charge in [-0.3, -0.25) is 4.79 Å². The molecule has 190 valence electrons. The van der Waals surface area contributed by atoms with E-state index in [0.29, 0.717) is 18.8 Å². The fourth-order valence-corrected chi connectivity index (χ4v) is 5.85. The van der Waals surface area contributed by atoms with Gasteiger partial charge in [-0.2, -0.15) is 0 Å². The number of amides is 1. The van der Waals surface area contributed by atoms with Crippen molar-refractivity contribution in [2.45, 2.75) is 31.1 Å². The Bertz CT molecular complexity index is 1210. The maximum absolute atomic E-state index is 13.2. The fraction of sp³-hybridized carbons (Fsp3) is 0.444. The molecule has 2 aliphatic rings. The van der Waals surface area contributed by atoms with E-state index < -0.39 is 0 Å². The summed E-state index contributed by atoms with van der Waals surface area (Å²) in [6.45, 7) is 8.60. The quantitative estimate of drug-likeness (QED) is 0.468. The highest BCUT2D eigenvalue weighted by Gasteiger charge is 2.28. The molecule has 2 saturated heterocycles. The van der Waals surface area contributed by atoms with Crippen molar-refractivity contribution in [1.82, 2.24) is 14.9 Å². The summed E-state index contributed by atoms with van der Waals surface area (Å²) in [4.78, 5) is 29.5. The van der Waals surface area contributed by atoms with Crippen LogP contribution in [0.5, 0.6) is 5.75 Å². The molecular weight excluding hydrogens is 474 g/mol. The van der Waals surface area contributed by atoms with E-state index in [2.05, 4.69) is 29.7 Å². The number of anilines is 2. The molecule has 0 N–H and O–H groups in total. The second-order valence-electron chi connectivity index (χ2n) is 9.33. The number of morpholine rings is 1. The molecule has 0 spiro atoms. The van der Waals surface area contributed by atoms with E-state index in [1.54, 1.807) is 7.11 Å². The summed E-state index contributed by atoms with van der Waals surface area (Å²) < 4.78 is 11.4. The highest BCUT2D eigenvalue weighted by molar-refractivity contribution is 8.00. The third kappa shape index (κ3) is 5.37. The molecule has 2 fully saturated rings. The molecule has 9 heteroatoms. The van der Waals surface area contributed by atoms with Crippen molar-refractivity contribution in [3.8, 4) is 5.75 Å². The Kier molecular flexibility index (Phi) is 7.48. The lowest BCUT2D eigenvalue weighted by Crippen LogP contribution is -2.49. The zero-order valence-electron chi connectivity index (χ0n) is 21.1. The molecule has 5 rings (SSSR count). The van der Waals surface area contributed by atoms with Crippen molar-refractivity contribution in [2.24, 2.45) is 0 Å². The Labute approximate surface area is 216 Å². The monoisotopic (exact) mass is 507 g/mol. The summed E-state index contributed by atoms with van der Waals surface area (Å²) in [6, 6.07) is 15.9. The van der Waals surface area contributed by atoms with Gasteiger partial charge in [0.2, 0.25) is 5.91 Å². The summed E-state index contributed by atoms with van der Waals surface area (Å²) in [5, 5.41) is 0.802. The van der Waals surface area contributed by atoms with Gasteiger partial charge in [0.15, 0.2) is 5.82 Å². The number of rotatable bonds is 6. The zero-order valence-corrected chi connectivity index (χ0v) is 21.9. The van der Waals surface area contributed by atoms with E-state index in [1.165, 1.54) is 11.8 Å². The second kappa shape index (κ2) is 10.9. The minimum absolute atomic E-state index is 0.112. The van der Waals surface area contributed by atoms with Crippen molar-refractivity contribution in [3.63, 3.8) is 0 Å². The van der Waals surface area contributed by atoms with Crippen LogP contribution in [-0.4, -0.2) is 85.1 Å². The van der Waals surface area contributed by atoms with Gasteiger partial charge in [-0.05, 0) is 38.1 Å². The molecule has 36 heavy (non-hydrogen) atoms. The Morgan fingerprint density at radius 3 is 2.28 bits per heavy atom. The number of ether oxygens (including phenoxy) is 2. The average Bonchev–Trinajstić information content (AvgIpc) is 2.90. The first-order chi connectivity index (χ1) is 17.5. The smallest absolute Gasteiger partial charge is 0.233 e. The van der Waals surface area contributed by atoms with Crippen LogP contribution in [0.2, 0.25) is 0 Å². The van der Waals surface area contributed by atoms with Gasteiger partial charge in [0.25, 0.3) is 0 Å². The molecule has 0 bridgehead atoms. The molecule has 2 atom stereocenters. The molecule has 2 aromatic carbocycles. The summed E-state index contributed by atoms with van der Waals surface area (Å²) in [5.74, 6) is 2.17. The first-order valence-electron chi connectivity index (χ1n) is 12.5. The van der Waals surface area contributed by atoms with Gasteiger partial charge in [0.1, 0.15) is 10.8 Å². The molecule has 1 aromatic heterocycles. The van der Waals surface area contributed by atoms with E-state index in [9.17, 15) is 4.79 Å². The van der Waals surface area contributed by atoms with Crippen LogP contribution in [-0.2, 0) is 9.53 Å². The molecule has 0 saturated carbocycles. The number of para-hydroxylation sites is 4. The van der Waals surface area contributed by atoms with Crippen LogP contribution in [0.25, 0.3) is 11.0 Å². The van der Waals surface area contributed by atoms with Gasteiger partial charge in [-0.1, -0.05) is 36.0 Å². The summed E-state index contributed by atoms with van der Waals surface area (Å²) >= 11 is 1.48. The third-order valence-electron chi connectivity index (χ3n) is 6.63. The van der Waals surface area contributed by atoms with Crippen LogP contribution >= 0.6 is 11.8 Å². The number of benzene rings is 2. The number of aromatic nitrogens is 2. The number of carbonyl (C=O) groups excluding carboxylic acids is 1. The van der Waals surface area contributed by atoms with Gasteiger partial charge >= 0.3 is 0 Å². The van der Waals surface area contributed by atoms with E-state index in [-0.39, 0.29) is 18.1 Å². The first-order valence-corrected chi connectivity index (χ1v) is 13.5. The van der Waals surface area contributed by atoms with Crippen LogP contribution in [0.1, 0.15) is 13.8 Å². The highest BCUT2D eigenvalue weighted by atomic mass is 32.2. The molecule has 1 amide bonds. The normalized spacial score (nSPS) is 20.6. The van der Waals surface area contributed by atoms with Crippen molar-refractivity contribution in [3.05, 3.63) is 48.5 Å². The van der Waals surface area contributed by atoms with Gasteiger partial charge in [0.05, 0.1) is 41.8 Å². The Morgan fingerprint density at radius 1 is 0.944 bits per heavy atom. The van der Waals surface area contributed by atoms with E-state index in [0.717, 1.165) is 59.5 Å². The number of carbonyl (C=O) groups is 1. The van der Waals surface area contributed by atoms with Crippen LogP contribution in [0.4, 0.5) is 11.5 Å². The van der Waals surface area contributed by atoms with Gasteiger partial charge < -0.3 is 24.2 Å². The Morgan fingerprint density at radius 2 is 1.58 bits per heavy atom. The predicted molar refractivity (Wildman–Crippen MR) is 144 cm³/mol. The van der Waals surface area contributed by atoms with Crippen LogP contribution < -0.4 is 14.5 Å². The van der Waals surface area contributed by atoms with Crippen molar-refractivity contribution < 1.29 is 14.3 Å². The first kappa shape index (κ1) is 24.6. The van der Waals surface area contributed by atoms with E-state index >= 15 is 0 Å².